The first kappa shape index (κ1) is 24.7. The monoisotopic (exact) mass is 677 g/mol. The summed E-state index contributed by atoms with van der Waals surface area (Å²) in [6, 6.07) is 48.1. The molecule has 0 aliphatic rings. The molecule has 0 N–H and O–H groups in total. The molecule has 0 saturated carbocycles. The number of nitrogens with zero attached hydrogens (tertiary/aromatic N) is 3. The van der Waals surface area contributed by atoms with E-state index in [2.05, 4.69) is 46.4 Å². The van der Waals surface area contributed by atoms with Crippen molar-refractivity contribution in [3.05, 3.63) is 211 Å². The molecule has 0 saturated heterocycles. The Bertz CT molecular complexity index is 2670. The molecule has 5 aromatic carbocycles. The van der Waals surface area contributed by atoms with Crippen LogP contribution in [0, 0.1) is 0 Å². The lowest BCUT2D eigenvalue weighted by Gasteiger charge is -2.18. The van der Waals surface area contributed by atoms with Crippen LogP contribution in [0.25, 0.3) is 55.8 Å². The summed E-state index contributed by atoms with van der Waals surface area (Å²) in [7, 11) is 0. The Morgan fingerprint density at radius 2 is 0.865 bits per heavy atom. The number of pyridine rings is 3. The zero-order valence-electron chi connectivity index (χ0n) is 36.2. The molecule has 0 aliphatic heterocycles. The van der Waals surface area contributed by atoms with Gasteiger partial charge in [-0.25, -0.2) is 0 Å². The minimum Gasteiger partial charge on any atom is -0.264 e. The molecule has 0 amide bonds. The lowest BCUT2D eigenvalue weighted by Crippen LogP contribution is -1.98. The molecule has 0 bridgehead atoms. The molecular formula is C49H39N3. The Kier molecular flexibility index (Phi) is 7.41. The van der Waals surface area contributed by atoms with E-state index in [1.54, 1.807) is 0 Å². The Morgan fingerprint density at radius 3 is 1.46 bits per heavy atom. The van der Waals surface area contributed by atoms with E-state index in [0.717, 1.165) is 39.1 Å². The van der Waals surface area contributed by atoms with Crippen LogP contribution >= 0.6 is 0 Å². The highest BCUT2D eigenvalue weighted by molar-refractivity contribution is 5.93. The molecule has 3 heterocycles. The Balaban J connectivity index is 1.34. The van der Waals surface area contributed by atoms with Crippen LogP contribution in [-0.2, 0) is 25.5 Å². The van der Waals surface area contributed by atoms with Gasteiger partial charge < -0.3 is 0 Å². The van der Waals surface area contributed by atoms with E-state index in [4.69, 9.17) is 10.5 Å². The quantitative estimate of drug-likeness (QED) is 0.137. The highest BCUT2D eigenvalue weighted by Crippen LogP contribution is 2.40. The average Bonchev–Trinajstić information content (AvgIpc) is 3.29. The summed E-state index contributed by atoms with van der Waals surface area (Å²) in [6.45, 7) is 0. The predicted molar refractivity (Wildman–Crippen MR) is 215 cm³/mol. The number of rotatable bonds is 11. The zero-order chi connectivity index (χ0) is 42.1. The number of aryl methyl sites for hydroxylation is 4. The van der Waals surface area contributed by atoms with Gasteiger partial charge in [0.15, 0.2) is 0 Å². The van der Waals surface area contributed by atoms with Crippen molar-refractivity contribution >= 4 is 0 Å². The highest BCUT2D eigenvalue weighted by atomic mass is 14.7. The molecule has 0 unspecified atom stereocenters. The predicted octanol–water partition coefficient (Wildman–Crippen LogP) is 11.8. The third kappa shape index (κ3) is 7.65. The third-order valence-corrected chi connectivity index (χ3v) is 8.76. The second-order valence-corrected chi connectivity index (χ2v) is 12.3. The molecule has 250 valence electrons. The van der Waals surface area contributed by atoms with Crippen LogP contribution < -0.4 is 0 Å². The summed E-state index contributed by atoms with van der Waals surface area (Å²) in [5, 5.41) is 0. The summed E-state index contributed by atoms with van der Waals surface area (Å²) < 4.78 is 73.8. The smallest absolute Gasteiger partial charge is 0.0708 e. The standard InChI is InChI=1S/C49H39N3/c1-3-13-40(14-4-1)41-23-25-42(26-24-41)47-32-49(43-15-5-2-6-16-43)52-35-48(47)46-18-8-7-17-45(46)44-30-38(21-19-36-11-9-27-50-33-36)29-39(31-44)22-20-37-12-10-28-51-34-37/h1-18,23-35H,19-22H2/i19D2,20D2,21D2,22D2. The second kappa shape index (κ2) is 15.6. The summed E-state index contributed by atoms with van der Waals surface area (Å²) in [5.74, 6) is 0. The van der Waals surface area contributed by atoms with Crippen molar-refractivity contribution in [1.82, 2.24) is 15.0 Å². The topological polar surface area (TPSA) is 38.7 Å². The molecule has 52 heavy (non-hydrogen) atoms. The SMILES string of the molecule is [2H]C([2H])(c1cccnc1)C([2H])([2H])c1cc(-c2ccccc2-c2cnc(-c3ccccc3)cc2-c2ccc(-c3ccccc3)cc2)cc(C([2H])([2H])C([2H])([2H])c2cccnc2)c1. The van der Waals surface area contributed by atoms with Crippen LogP contribution in [0.2, 0.25) is 0 Å². The minimum absolute atomic E-state index is 0.00329. The van der Waals surface area contributed by atoms with Crippen LogP contribution in [0.4, 0.5) is 0 Å². The lowest BCUT2D eigenvalue weighted by molar-refractivity contribution is 0.923. The Labute approximate surface area is 317 Å². The van der Waals surface area contributed by atoms with E-state index < -0.39 is 25.5 Å². The summed E-state index contributed by atoms with van der Waals surface area (Å²) >= 11 is 0. The van der Waals surface area contributed by atoms with E-state index in [1.807, 2.05) is 85.1 Å². The van der Waals surface area contributed by atoms with Crippen LogP contribution in [0.5, 0.6) is 0 Å². The van der Waals surface area contributed by atoms with E-state index in [9.17, 15) is 5.48 Å². The van der Waals surface area contributed by atoms with Gasteiger partial charge in [0.1, 0.15) is 0 Å². The van der Waals surface area contributed by atoms with Crippen LogP contribution in [-0.4, -0.2) is 15.0 Å². The van der Waals surface area contributed by atoms with Gasteiger partial charge in [0.25, 0.3) is 0 Å². The maximum Gasteiger partial charge on any atom is 0.0708 e. The van der Waals surface area contributed by atoms with Crippen molar-refractivity contribution in [2.24, 2.45) is 0 Å². The fraction of sp³-hybridized carbons (Fsp3) is 0.0816. The molecule has 3 nitrogen and oxygen atoms in total. The highest BCUT2D eigenvalue weighted by Gasteiger charge is 2.16. The van der Waals surface area contributed by atoms with Gasteiger partial charge in [-0.05, 0) is 105 Å². The van der Waals surface area contributed by atoms with Gasteiger partial charge >= 0.3 is 0 Å². The Hall–Kier alpha value is -6.45. The number of hydrogen-bond acceptors (Lipinski definition) is 3. The van der Waals surface area contributed by atoms with Crippen molar-refractivity contribution in [3.63, 3.8) is 0 Å². The number of benzene rings is 5. The molecule has 0 spiro atoms. The third-order valence-electron chi connectivity index (χ3n) is 8.76. The fourth-order valence-electron chi connectivity index (χ4n) is 6.21. The van der Waals surface area contributed by atoms with Gasteiger partial charge in [-0.2, -0.15) is 0 Å². The van der Waals surface area contributed by atoms with Crippen molar-refractivity contribution in [2.75, 3.05) is 0 Å². The van der Waals surface area contributed by atoms with Gasteiger partial charge in [-0.15, -0.1) is 0 Å². The van der Waals surface area contributed by atoms with Crippen LogP contribution in [0.3, 0.4) is 0 Å². The molecule has 0 aliphatic carbocycles. The van der Waals surface area contributed by atoms with Crippen LogP contribution in [0.15, 0.2) is 189 Å². The maximum absolute atomic E-state index is 9.36. The number of hydrogen-bond donors (Lipinski definition) is 0. The maximum atomic E-state index is 9.36. The molecule has 8 aromatic rings. The zero-order valence-corrected chi connectivity index (χ0v) is 28.2. The van der Waals surface area contributed by atoms with Crippen molar-refractivity contribution in [3.8, 4) is 55.8 Å². The van der Waals surface area contributed by atoms with Gasteiger partial charge in [0, 0.05) is 53.1 Å². The van der Waals surface area contributed by atoms with Crippen molar-refractivity contribution in [1.29, 1.82) is 0 Å². The van der Waals surface area contributed by atoms with Gasteiger partial charge in [0.05, 0.1) is 5.69 Å². The van der Waals surface area contributed by atoms with Gasteiger partial charge in [-0.1, -0.05) is 140 Å². The van der Waals surface area contributed by atoms with Crippen LogP contribution in [0.1, 0.15) is 33.2 Å². The average molecular weight is 678 g/mol. The second-order valence-electron chi connectivity index (χ2n) is 12.3. The van der Waals surface area contributed by atoms with E-state index in [-0.39, 0.29) is 22.3 Å². The van der Waals surface area contributed by atoms with E-state index in [1.165, 1.54) is 67.3 Å². The first-order valence-electron chi connectivity index (χ1n) is 21.1. The summed E-state index contributed by atoms with van der Waals surface area (Å²) in [6.07, 6.45) is -3.40. The molecule has 8 rings (SSSR count). The normalized spacial score (nSPS) is 14.4. The first-order valence-corrected chi connectivity index (χ1v) is 17.1. The molecule has 3 aromatic heterocycles. The fourth-order valence-corrected chi connectivity index (χ4v) is 6.21. The van der Waals surface area contributed by atoms with E-state index in [0.29, 0.717) is 16.7 Å². The first-order chi connectivity index (χ1) is 28.8. The molecular weight excluding hydrogens is 631 g/mol. The summed E-state index contributed by atoms with van der Waals surface area (Å²) in [4.78, 5) is 13.0. The number of aromatic nitrogens is 3. The molecule has 0 fully saturated rings. The molecule has 3 heteroatoms. The minimum atomic E-state index is -2.74. The van der Waals surface area contributed by atoms with E-state index >= 15 is 0 Å². The van der Waals surface area contributed by atoms with Gasteiger partial charge in [-0.3, -0.25) is 15.0 Å². The lowest BCUT2D eigenvalue weighted by atomic mass is 9.87. The van der Waals surface area contributed by atoms with Crippen molar-refractivity contribution in [2.45, 2.75) is 25.5 Å². The molecule has 0 radical (unpaired) electrons. The molecule has 0 atom stereocenters. The van der Waals surface area contributed by atoms with Gasteiger partial charge in [0.2, 0.25) is 0 Å². The largest absolute Gasteiger partial charge is 0.264 e. The Morgan fingerprint density at radius 1 is 0.346 bits per heavy atom. The van der Waals surface area contributed by atoms with Crippen molar-refractivity contribution < 1.29 is 11.0 Å². The summed E-state index contributed by atoms with van der Waals surface area (Å²) in [5.41, 5.74) is 7.74.